The van der Waals surface area contributed by atoms with Crippen LogP contribution in [0.1, 0.15) is 41.0 Å². The molecule has 0 saturated carbocycles. The molecule has 3 rings (SSSR count). The Balaban J connectivity index is 1.90. The largest absolute Gasteiger partial charge is 0.508 e. The number of anilines is 1. The molecule has 0 aliphatic rings. The number of amides is 1. The van der Waals surface area contributed by atoms with Gasteiger partial charge in [0, 0.05) is 18.0 Å². The molecule has 0 bridgehead atoms. The molecule has 0 radical (unpaired) electrons. The van der Waals surface area contributed by atoms with Gasteiger partial charge in [0.1, 0.15) is 22.9 Å². The molecule has 1 heterocycles. The van der Waals surface area contributed by atoms with Crippen LogP contribution in [0.2, 0.25) is 0 Å². The van der Waals surface area contributed by atoms with Gasteiger partial charge in [0.05, 0.1) is 11.1 Å². The number of phenols is 2. The molecule has 0 fully saturated rings. The lowest BCUT2D eigenvalue weighted by atomic mass is 10.0. The van der Waals surface area contributed by atoms with Crippen LogP contribution in [0.4, 0.5) is 10.6 Å². The number of carbonyl (C=O) groups is 1. The first-order valence-corrected chi connectivity index (χ1v) is 11.0. The fraction of sp³-hybridized carbons (Fsp3) is 0.400. The van der Waals surface area contributed by atoms with Crippen LogP contribution in [-0.4, -0.2) is 44.5 Å². The number of benzene rings is 2. The van der Waals surface area contributed by atoms with Crippen LogP contribution in [-0.2, 0) is 4.74 Å². The zero-order chi connectivity index (χ0) is 24.2. The quantitative estimate of drug-likeness (QED) is 0.370. The summed E-state index contributed by atoms with van der Waals surface area (Å²) in [5, 5.41) is 27.3. The van der Waals surface area contributed by atoms with E-state index in [0.29, 0.717) is 29.4 Å². The van der Waals surface area contributed by atoms with E-state index in [2.05, 4.69) is 34.4 Å². The van der Waals surface area contributed by atoms with Crippen molar-refractivity contribution in [2.75, 3.05) is 11.9 Å². The average Bonchev–Trinajstić information content (AvgIpc) is 2.71. The third kappa shape index (κ3) is 6.71. The minimum Gasteiger partial charge on any atom is -0.508 e. The Morgan fingerprint density at radius 1 is 1.09 bits per heavy atom. The minimum atomic E-state index is -0.582. The number of ether oxygens (including phenoxy) is 1. The second-order valence-corrected chi connectivity index (χ2v) is 9.47. The lowest BCUT2D eigenvalue weighted by Gasteiger charge is -2.25. The first kappa shape index (κ1) is 24.1. The zero-order valence-corrected chi connectivity index (χ0v) is 19.7. The molecule has 1 atom stereocenters. The van der Waals surface area contributed by atoms with Gasteiger partial charge >= 0.3 is 6.09 Å². The van der Waals surface area contributed by atoms with Gasteiger partial charge in [-0.2, -0.15) is 0 Å². The highest BCUT2D eigenvalue weighted by Crippen LogP contribution is 2.32. The molecule has 3 aromatic rings. The molecule has 1 aromatic heterocycles. The molecule has 33 heavy (non-hydrogen) atoms. The number of hydrogen-bond acceptors (Lipinski definition) is 7. The Hall–Kier alpha value is -3.55. The summed E-state index contributed by atoms with van der Waals surface area (Å²) in [6.07, 6.45) is 0.281. The van der Waals surface area contributed by atoms with Crippen LogP contribution < -0.4 is 10.6 Å². The molecule has 2 aromatic carbocycles. The van der Waals surface area contributed by atoms with E-state index >= 15 is 0 Å². The number of aromatic hydroxyl groups is 2. The maximum atomic E-state index is 12.3. The number of phenolic OH excluding ortho intramolecular Hbond substituents is 2. The molecule has 0 aliphatic carbocycles. The number of para-hydroxylation sites is 1. The molecule has 8 nitrogen and oxygen atoms in total. The first-order valence-electron chi connectivity index (χ1n) is 11.0. The molecule has 0 aliphatic heterocycles. The fourth-order valence-electron chi connectivity index (χ4n) is 3.49. The molecular formula is C25H32N4O4. The highest BCUT2D eigenvalue weighted by atomic mass is 16.6. The lowest BCUT2D eigenvalue weighted by molar-refractivity contribution is 0.0502. The highest BCUT2D eigenvalue weighted by molar-refractivity contribution is 5.91. The first-order chi connectivity index (χ1) is 15.5. The maximum absolute atomic E-state index is 12.3. The monoisotopic (exact) mass is 452 g/mol. The van der Waals surface area contributed by atoms with Gasteiger partial charge in [0.2, 0.25) is 0 Å². The van der Waals surface area contributed by atoms with E-state index in [-0.39, 0.29) is 23.4 Å². The Kier molecular flexibility index (Phi) is 7.26. The van der Waals surface area contributed by atoms with Crippen LogP contribution in [0.3, 0.4) is 0 Å². The van der Waals surface area contributed by atoms with Gasteiger partial charge in [-0.15, -0.1) is 0 Å². The Labute approximate surface area is 194 Å². The Morgan fingerprint density at radius 3 is 2.52 bits per heavy atom. The predicted octanol–water partition coefficient (Wildman–Crippen LogP) is 5.06. The number of carbonyl (C=O) groups excluding carboxylic acids is 1. The number of alkyl carbamates (subject to hydrolysis) is 1. The lowest BCUT2D eigenvalue weighted by Crippen LogP contribution is -2.43. The Morgan fingerprint density at radius 2 is 1.82 bits per heavy atom. The van der Waals surface area contributed by atoms with E-state index in [9.17, 15) is 15.0 Å². The number of hydrogen-bond donors (Lipinski definition) is 4. The number of rotatable bonds is 7. The molecule has 0 saturated heterocycles. The molecule has 0 spiro atoms. The zero-order valence-electron chi connectivity index (χ0n) is 19.7. The molecule has 1 amide bonds. The van der Waals surface area contributed by atoms with Crippen molar-refractivity contribution in [2.45, 2.75) is 52.7 Å². The van der Waals surface area contributed by atoms with Crippen LogP contribution >= 0.6 is 0 Å². The van der Waals surface area contributed by atoms with E-state index in [1.54, 1.807) is 0 Å². The molecule has 4 N–H and O–H groups in total. The Bertz CT molecular complexity index is 1130. The van der Waals surface area contributed by atoms with Crippen molar-refractivity contribution < 1.29 is 19.7 Å². The summed E-state index contributed by atoms with van der Waals surface area (Å²) in [6.45, 7) is 10.1. The summed E-state index contributed by atoms with van der Waals surface area (Å²) >= 11 is 0. The van der Waals surface area contributed by atoms with Gasteiger partial charge in [0.25, 0.3) is 0 Å². The van der Waals surface area contributed by atoms with E-state index in [1.807, 2.05) is 45.0 Å². The van der Waals surface area contributed by atoms with Crippen molar-refractivity contribution in [2.24, 2.45) is 5.92 Å². The van der Waals surface area contributed by atoms with Crippen LogP contribution in [0.15, 0.2) is 42.5 Å². The smallest absolute Gasteiger partial charge is 0.407 e. The van der Waals surface area contributed by atoms with E-state index in [4.69, 9.17) is 4.74 Å². The van der Waals surface area contributed by atoms with Gasteiger partial charge in [0.15, 0.2) is 5.82 Å². The van der Waals surface area contributed by atoms with Gasteiger partial charge in [-0.25, -0.2) is 14.8 Å². The normalized spacial score (nSPS) is 12.5. The summed E-state index contributed by atoms with van der Waals surface area (Å²) in [5.74, 6) is 1.18. The number of nitrogens with zero attached hydrogens (tertiary/aromatic N) is 2. The topological polar surface area (TPSA) is 117 Å². The van der Waals surface area contributed by atoms with Crippen LogP contribution in [0.25, 0.3) is 22.3 Å². The van der Waals surface area contributed by atoms with Crippen LogP contribution in [0.5, 0.6) is 11.5 Å². The fourth-order valence-corrected chi connectivity index (χ4v) is 3.49. The SMILES string of the molecule is CC(C)C[C@@H](CNc1nc(-c2cc(O)ccc2O)nc2ccccc12)NC(=O)OC(C)(C)C. The van der Waals surface area contributed by atoms with E-state index in [0.717, 1.165) is 11.8 Å². The predicted molar refractivity (Wildman–Crippen MR) is 129 cm³/mol. The maximum Gasteiger partial charge on any atom is 0.407 e. The third-order valence-corrected chi connectivity index (χ3v) is 4.82. The molecule has 0 unspecified atom stereocenters. The van der Waals surface area contributed by atoms with Gasteiger partial charge < -0.3 is 25.6 Å². The van der Waals surface area contributed by atoms with Crippen molar-refractivity contribution in [1.82, 2.24) is 15.3 Å². The van der Waals surface area contributed by atoms with E-state index in [1.165, 1.54) is 18.2 Å². The van der Waals surface area contributed by atoms with Gasteiger partial charge in [-0.1, -0.05) is 26.0 Å². The van der Waals surface area contributed by atoms with Crippen molar-refractivity contribution >= 4 is 22.8 Å². The summed E-state index contributed by atoms with van der Waals surface area (Å²) in [5.41, 5.74) is 0.434. The summed E-state index contributed by atoms with van der Waals surface area (Å²) < 4.78 is 5.42. The standard InChI is InChI=1S/C25H32N4O4/c1-15(2)12-16(27-24(32)33-25(3,4)5)14-26-22-18-8-6-7-9-20(18)28-23(29-22)19-13-17(30)10-11-21(19)31/h6-11,13,15-16,30-31H,12,14H2,1-5H3,(H,27,32)(H,26,28,29)/t16-/m0/s1. The third-order valence-electron chi connectivity index (χ3n) is 4.82. The number of fused-ring (bicyclic) bond motifs is 1. The highest BCUT2D eigenvalue weighted by Gasteiger charge is 2.21. The van der Waals surface area contributed by atoms with Crippen molar-refractivity contribution in [3.63, 3.8) is 0 Å². The van der Waals surface area contributed by atoms with Gasteiger partial charge in [-0.05, 0) is 63.4 Å². The number of nitrogens with one attached hydrogen (secondary N) is 2. The summed E-state index contributed by atoms with van der Waals surface area (Å²) in [6, 6.07) is 11.6. The summed E-state index contributed by atoms with van der Waals surface area (Å²) in [7, 11) is 0. The van der Waals surface area contributed by atoms with Crippen molar-refractivity contribution in [1.29, 1.82) is 0 Å². The minimum absolute atomic E-state index is 0.00706. The van der Waals surface area contributed by atoms with Crippen LogP contribution in [0, 0.1) is 5.92 Å². The summed E-state index contributed by atoms with van der Waals surface area (Å²) in [4.78, 5) is 21.5. The second-order valence-electron chi connectivity index (χ2n) is 9.47. The van der Waals surface area contributed by atoms with Crippen molar-refractivity contribution in [3.05, 3.63) is 42.5 Å². The van der Waals surface area contributed by atoms with Gasteiger partial charge in [-0.3, -0.25) is 0 Å². The molecular weight excluding hydrogens is 420 g/mol. The molecule has 176 valence electrons. The number of aromatic nitrogens is 2. The molecule has 8 heteroatoms. The second kappa shape index (κ2) is 9.94. The average molecular weight is 453 g/mol. The van der Waals surface area contributed by atoms with E-state index < -0.39 is 11.7 Å². The van der Waals surface area contributed by atoms with Crippen molar-refractivity contribution in [3.8, 4) is 22.9 Å².